The van der Waals surface area contributed by atoms with Crippen molar-refractivity contribution >= 4 is 12.1 Å². The van der Waals surface area contributed by atoms with Crippen molar-refractivity contribution in [1.82, 2.24) is 0 Å². The third-order valence-corrected chi connectivity index (χ3v) is 2.97. The van der Waals surface area contributed by atoms with Crippen molar-refractivity contribution in [1.29, 1.82) is 0 Å². The molecule has 0 fully saturated rings. The molecule has 0 saturated heterocycles. The van der Waals surface area contributed by atoms with E-state index in [9.17, 15) is 4.79 Å². The van der Waals surface area contributed by atoms with Crippen molar-refractivity contribution in [2.24, 2.45) is 10.7 Å². The number of rotatable bonds is 1. The predicted octanol–water partition coefficient (Wildman–Crippen LogP) is 2.16. The van der Waals surface area contributed by atoms with Gasteiger partial charge >= 0.3 is 0 Å². The maximum absolute atomic E-state index is 11.1. The summed E-state index contributed by atoms with van der Waals surface area (Å²) in [7, 11) is 0. The fraction of sp³-hybridized carbons (Fsp3) is 0.143. The van der Waals surface area contributed by atoms with Crippen LogP contribution in [-0.4, -0.2) is 12.1 Å². The Morgan fingerprint density at radius 3 is 3.11 bits per heavy atom. The number of nitrogens with two attached hydrogens (primary N) is 1. The first-order valence-electron chi connectivity index (χ1n) is 5.79. The van der Waals surface area contributed by atoms with E-state index in [1.165, 1.54) is 0 Å². The van der Waals surface area contributed by atoms with Crippen LogP contribution in [0.2, 0.25) is 0 Å². The number of carbonyl (C=O) groups is 1. The summed E-state index contributed by atoms with van der Waals surface area (Å²) in [5.41, 5.74) is 7.33. The molecule has 90 valence electrons. The minimum absolute atomic E-state index is 0.451. The first-order chi connectivity index (χ1) is 8.74. The Bertz CT molecular complexity index is 612. The molecule has 1 aromatic carbocycles. The van der Waals surface area contributed by atoms with E-state index in [0.717, 1.165) is 29.9 Å². The van der Waals surface area contributed by atoms with Gasteiger partial charge in [0.1, 0.15) is 17.2 Å². The van der Waals surface area contributed by atoms with Gasteiger partial charge in [-0.1, -0.05) is 6.08 Å². The van der Waals surface area contributed by atoms with Crippen molar-refractivity contribution in [2.75, 3.05) is 0 Å². The summed E-state index contributed by atoms with van der Waals surface area (Å²) in [6.07, 6.45) is 7.55. The number of amides is 1. The molecule has 3 rings (SSSR count). The molecular formula is C14H12N2O2. The minimum atomic E-state index is -0.451. The zero-order chi connectivity index (χ0) is 12.5. The highest BCUT2D eigenvalue weighted by Crippen LogP contribution is 2.29. The van der Waals surface area contributed by atoms with Gasteiger partial charge in [-0.3, -0.25) is 9.79 Å². The Balaban J connectivity index is 2.05. The number of nitrogens with zero attached hydrogens (tertiary/aromatic N) is 1. The molecule has 0 radical (unpaired) electrons. The maximum Gasteiger partial charge on any atom is 0.248 e. The molecule has 0 atom stereocenters. The zero-order valence-corrected chi connectivity index (χ0v) is 9.72. The molecule has 2 N–H and O–H groups in total. The van der Waals surface area contributed by atoms with Crippen molar-refractivity contribution < 1.29 is 9.53 Å². The van der Waals surface area contributed by atoms with Crippen LogP contribution in [-0.2, 0) is 0 Å². The average Bonchev–Trinajstić information content (AvgIpc) is 2.56. The van der Waals surface area contributed by atoms with Gasteiger partial charge in [0.15, 0.2) is 0 Å². The molecule has 1 aliphatic carbocycles. The van der Waals surface area contributed by atoms with E-state index in [0.29, 0.717) is 11.3 Å². The number of hydrogen-bond donors (Lipinski definition) is 1. The van der Waals surface area contributed by atoms with Crippen molar-refractivity contribution in [3.63, 3.8) is 0 Å². The number of carbonyl (C=O) groups excluding carboxylic acids is 1. The molecule has 0 aromatic heterocycles. The van der Waals surface area contributed by atoms with Crippen molar-refractivity contribution in [3.05, 3.63) is 52.9 Å². The Labute approximate surface area is 104 Å². The third-order valence-electron chi connectivity index (χ3n) is 2.97. The van der Waals surface area contributed by atoms with Gasteiger partial charge in [-0.2, -0.15) is 0 Å². The highest BCUT2D eigenvalue weighted by Gasteiger charge is 2.16. The third kappa shape index (κ3) is 1.82. The molecule has 1 aromatic rings. The Morgan fingerprint density at radius 2 is 2.28 bits per heavy atom. The second kappa shape index (κ2) is 4.14. The summed E-state index contributed by atoms with van der Waals surface area (Å²) >= 11 is 0. The topological polar surface area (TPSA) is 64.7 Å². The van der Waals surface area contributed by atoms with Crippen LogP contribution in [0.25, 0.3) is 0 Å². The summed E-state index contributed by atoms with van der Waals surface area (Å²) in [5.74, 6) is 1.14. The predicted molar refractivity (Wildman–Crippen MR) is 68.6 cm³/mol. The number of allylic oxidation sites excluding steroid dienone is 3. The van der Waals surface area contributed by atoms with Crippen LogP contribution in [0.4, 0.5) is 0 Å². The lowest BCUT2D eigenvalue weighted by Gasteiger charge is -2.13. The van der Waals surface area contributed by atoms with Gasteiger partial charge in [-0.15, -0.1) is 0 Å². The van der Waals surface area contributed by atoms with Crippen LogP contribution in [0.3, 0.4) is 0 Å². The van der Waals surface area contributed by atoms with E-state index in [2.05, 4.69) is 11.1 Å². The monoisotopic (exact) mass is 240 g/mol. The molecule has 18 heavy (non-hydrogen) atoms. The molecule has 1 aliphatic heterocycles. The van der Waals surface area contributed by atoms with Gasteiger partial charge in [0.2, 0.25) is 5.91 Å². The lowest BCUT2D eigenvalue weighted by Crippen LogP contribution is -2.11. The second-order valence-corrected chi connectivity index (χ2v) is 4.23. The van der Waals surface area contributed by atoms with E-state index in [-0.39, 0.29) is 0 Å². The normalized spacial score (nSPS) is 16.7. The summed E-state index contributed by atoms with van der Waals surface area (Å²) < 4.78 is 5.85. The number of benzene rings is 1. The van der Waals surface area contributed by atoms with E-state index in [1.54, 1.807) is 24.4 Å². The number of primary amides is 1. The van der Waals surface area contributed by atoms with Crippen LogP contribution < -0.4 is 10.5 Å². The molecule has 2 aliphatic rings. The van der Waals surface area contributed by atoms with Gasteiger partial charge in [0, 0.05) is 23.8 Å². The fourth-order valence-corrected chi connectivity index (χ4v) is 2.02. The molecule has 0 unspecified atom stereocenters. The van der Waals surface area contributed by atoms with Gasteiger partial charge in [-0.05, 0) is 30.7 Å². The SMILES string of the molecule is NC(=O)c1ccc2c(c1)C=NC1=C(CCC=C1)O2. The largest absolute Gasteiger partial charge is 0.459 e. The fourth-order valence-electron chi connectivity index (χ4n) is 2.02. The van der Waals surface area contributed by atoms with Crippen LogP contribution >= 0.6 is 0 Å². The summed E-state index contributed by atoms with van der Waals surface area (Å²) in [6, 6.07) is 5.12. The van der Waals surface area contributed by atoms with E-state index >= 15 is 0 Å². The number of ether oxygens (including phenoxy) is 1. The highest BCUT2D eigenvalue weighted by molar-refractivity contribution is 5.96. The van der Waals surface area contributed by atoms with Crippen molar-refractivity contribution in [2.45, 2.75) is 12.8 Å². The number of fused-ring (bicyclic) bond motifs is 1. The number of aliphatic imine (C=N–C) groups is 1. The zero-order valence-electron chi connectivity index (χ0n) is 9.72. The van der Waals surface area contributed by atoms with Gasteiger partial charge in [0.05, 0.1) is 0 Å². The molecule has 4 nitrogen and oxygen atoms in total. The lowest BCUT2D eigenvalue weighted by atomic mass is 10.1. The summed E-state index contributed by atoms with van der Waals surface area (Å²) in [4.78, 5) is 15.5. The maximum atomic E-state index is 11.1. The second-order valence-electron chi connectivity index (χ2n) is 4.23. The number of hydrogen-bond acceptors (Lipinski definition) is 3. The summed E-state index contributed by atoms with van der Waals surface area (Å²) in [6.45, 7) is 0. The van der Waals surface area contributed by atoms with Crippen LogP contribution in [0, 0.1) is 0 Å². The molecule has 0 spiro atoms. The standard InChI is InChI=1S/C14H12N2O2/c15-14(17)9-5-6-12-10(7-9)8-16-11-3-1-2-4-13(11)18-12/h1,3,5-8H,2,4H2,(H2,15,17). The van der Waals surface area contributed by atoms with Gasteiger partial charge < -0.3 is 10.5 Å². The Kier molecular flexibility index (Phi) is 2.48. The van der Waals surface area contributed by atoms with E-state index < -0.39 is 5.91 Å². The van der Waals surface area contributed by atoms with Crippen molar-refractivity contribution in [3.8, 4) is 5.75 Å². The molecule has 0 bridgehead atoms. The van der Waals surface area contributed by atoms with Crippen LogP contribution in [0.5, 0.6) is 5.75 Å². The average molecular weight is 240 g/mol. The van der Waals surface area contributed by atoms with Crippen LogP contribution in [0.15, 0.2) is 46.8 Å². The van der Waals surface area contributed by atoms with Gasteiger partial charge in [0.25, 0.3) is 0 Å². The smallest absolute Gasteiger partial charge is 0.248 e. The quantitative estimate of drug-likeness (QED) is 0.817. The van der Waals surface area contributed by atoms with Gasteiger partial charge in [-0.25, -0.2) is 0 Å². The molecule has 4 heteroatoms. The molecule has 1 amide bonds. The first kappa shape index (κ1) is 10.8. The van der Waals surface area contributed by atoms with Crippen LogP contribution in [0.1, 0.15) is 28.8 Å². The Hall–Kier alpha value is -2.36. The van der Waals surface area contributed by atoms with E-state index in [4.69, 9.17) is 10.5 Å². The first-order valence-corrected chi connectivity index (χ1v) is 5.79. The Morgan fingerprint density at radius 1 is 1.39 bits per heavy atom. The highest BCUT2D eigenvalue weighted by atomic mass is 16.5. The lowest BCUT2D eigenvalue weighted by molar-refractivity contribution is 0.100. The molecule has 0 saturated carbocycles. The summed E-state index contributed by atoms with van der Waals surface area (Å²) in [5, 5.41) is 0. The van der Waals surface area contributed by atoms with E-state index in [1.807, 2.05) is 6.08 Å². The molecule has 1 heterocycles. The minimum Gasteiger partial charge on any atom is -0.459 e. The molecular weight excluding hydrogens is 228 g/mol.